The van der Waals surface area contributed by atoms with Gasteiger partial charge < -0.3 is 25.5 Å². The molecule has 0 aliphatic heterocycles. The second kappa shape index (κ2) is 9.95. The number of hydrogen-bond donors (Lipinski definition) is 3. The number of phenols is 1. The van der Waals surface area contributed by atoms with Crippen LogP contribution in [0.15, 0.2) is 42.6 Å². The van der Waals surface area contributed by atoms with Crippen molar-refractivity contribution in [1.29, 1.82) is 0 Å². The Morgan fingerprint density at radius 1 is 1.09 bits per heavy atom. The molecule has 0 aliphatic rings. The molecule has 0 bridgehead atoms. The summed E-state index contributed by atoms with van der Waals surface area (Å²) >= 11 is 0. The molecule has 0 aliphatic carbocycles. The number of anilines is 2. The number of rotatable bonds is 9. The maximum Gasteiger partial charge on any atom is 0.309 e. The van der Waals surface area contributed by atoms with E-state index in [9.17, 15) is 13.5 Å². The first kappa shape index (κ1) is 24.1. The molecule has 0 saturated heterocycles. The first-order chi connectivity index (χ1) is 15.6. The standard InChI is InChI=1S/C23H28N4O5S/c1-4-31-19-10-15(9-17-12-26-23(25)27-22(17)24)11-20(32-33(29,30)13-14(2)3)21(19)16-5-7-18(28)8-6-16/h5-8,10-12,14,28H,4,9,13H2,1-3H3,(H4,24,25,26,27). The van der Waals surface area contributed by atoms with E-state index in [0.717, 1.165) is 0 Å². The molecule has 0 fully saturated rings. The van der Waals surface area contributed by atoms with Crippen molar-refractivity contribution >= 4 is 21.9 Å². The van der Waals surface area contributed by atoms with E-state index < -0.39 is 10.1 Å². The van der Waals surface area contributed by atoms with Crippen molar-refractivity contribution in [3.63, 3.8) is 0 Å². The van der Waals surface area contributed by atoms with Crippen molar-refractivity contribution in [2.45, 2.75) is 27.2 Å². The highest BCUT2D eigenvalue weighted by Gasteiger charge is 2.22. The largest absolute Gasteiger partial charge is 0.508 e. The van der Waals surface area contributed by atoms with Gasteiger partial charge in [0, 0.05) is 18.2 Å². The van der Waals surface area contributed by atoms with Crippen molar-refractivity contribution in [3.05, 3.63) is 53.7 Å². The van der Waals surface area contributed by atoms with Gasteiger partial charge in [-0.25, -0.2) is 4.98 Å². The van der Waals surface area contributed by atoms with E-state index in [1.165, 1.54) is 18.3 Å². The second-order valence-electron chi connectivity index (χ2n) is 7.96. The number of nitrogen functional groups attached to an aromatic ring is 2. The zero-order valence-corrected chi connectivity index (χ0v) is 19.6. The molecule has 33 heavy (non-hydrogen) atoms. The average Bonchev–Trinajstić information content (AvgIpc) is 2.70. The molecule has 1 aromatic heterocycles. The third-order valence-electron chi connectivity index (χ3n) is 4.65. The second-order valence-corrected chi connectivity index (χ2v) is 9.58. The summed E-state index contributed by atoms with van der Waals surface area (Å²) in [5, 5.41) is 9.69. The van der Waals surface area contributed by atoms with E-state index in [1.807, 2.05) is 6.92 Å². The number of ether oxygens (including phenoxy) is 1. The summed E-state index contributed by atoms with van der Waals surface area (Å²) in [6.45, 7) is 5.77. The molecular weight excluding hydrogens is 444 g/mol. The number of aromatic nitrogens is 2. The van der Waals surface area contributed by atoms with Crippen LogP contribution in [0.4, 0.5) is 11.8 Å². The molecule has 1 heterocycles. The monoisotopic (exact) mass is 472 g/mol. The first-order valence-electron chi connectivity index (χ1n) is 10.5. The minimum Gasteiger partial charge on any atom is -0.508 e. The van der Waals surface area contributed by atoms with Crippen LogP contribution in [0.2, 0.25) is 0 Å². The number of benzene rings is 2. The summed E-state index contributed by atoms with van der Waals surface area (Å²) in [6, 6.07) is 9.79. The predicted octanol–water partition coefficient (Wildman–Crippen LogP) is 3.37. The summed E-state index contributed by atoms with van der Waals surface area (Å²) in [7, 11) is -3.88. The van der Waals surface area contributed by atoms with Crippen LogP contribution in [-0.4, -0.2) is 35.9 Å². The van der Waals surface area contributed by atoms with E-state index in [4.69, 9.17) is 20.4 Å². The number of nitrogens with two attached hydrogens (primary N) is 2. The summed E-state index contributed by atoms with van der Waals surface area (Å²) in [5.41, 5.74) is 14.0. The van der Waals surface area contributed by atoms with Gasteiger partial charge in [0.25, 0.3) is 0 Å². The fourth-order valence-corrected chi connectivity index (χ4v) is 4.65. The third-order valence-corrected chi connectivity index (χ3v) is 6.16. The topological polar surface area (TPSA) is 151 Å². The molecule has 0 atom stereocenters. The van der Waals surface area contributed by atoms with E-state index >= 15 is 0 Å². The molecule has 0 amide bonds. The maximum atomic E-state index is 12.7. The average molecular weight is 473 g/mol. The Hall–Kier alpha value is -3.53. The van der Waals surface area contributed by atoms with Crippen molar-refractivity contribution < 1.29 is 22.4 Å². The minimum atomic E-state index is -3.88. The van der Waals surface area contributed by atoms with Gasteiger partial charge >= 0.3 is 10.1 Å². The Labute approximate surface area is 193 Å². The molecule has 0 saturated carbocycles. The van der Waals surface area contributed by atoms with E-state index in [-0.39, 0.29) is 34.9 Å². The summed E-state index contributed by atoms with van der Waals surface area (Å²) < 4.78 is 36.9. The quantitative estimate of drug-likeness (QED) is 0.398. The fraction of sp³-hybridized carbons (Fsp3) is 0.304. The lowest BCUT2D eigenvalue weighted by atomic mass is 9.98. The number of nitrogens with zero attached hydrogens (tertiary/aromatic N) is 2. The van der Waals surface area contributed by atoms with Gasteiger partial charge in [0.15, 0.2) is 5.75 Å². The van der Waals surface area contributed by atoms with Crippen molar-refractivity contribution in [2.24, 2.45) is 5.92 Å². The van der Waals surface area contributed by atoms with Gasteiger partial charge in [0.1, 0.15) is 17.3 Å². The van der Waals surface area contributed by atoms with Crippen LogP contribution >= 0.6 is 0 Å². The summed E-state index contributed by atoms with van der Waals surface area (Å²) in [4.78, 5) is 7.97. The lowest BCUT2D eigenvalue weighted by molar-refractivity contribution is 0.340. The smallest absolute Gasteiger partial charge is 0.309 e. The Balaban J connectivity index is 2.16. The van der Waals surface area contributed by atoms with Gasteiger partial charge in [-0.3, -0.25) is 0 Å². The molecule has 3 rings (SSSR count). The highest BCUT2D eigenvalue weighted by atomic mass is 32.2. The summed E-state index contributed by atoms with van der Waals surface area (Å²) in [6.07, 6.45) is 1.84. The molecule has 9 nitrogen and oxygen atoms in total. The molecular formula is C23H28N4O5S. The number of aromatic hydroxyl groups is 1. The van der Waals surface area contributed by atoms with Gasteiger partial charge in [-0.1, -0.05) is 26.0 Å². The number of hydrogen-bond acceptors (Lipinski definition) is 9. The van der Waals surface area contributed by atoms with Gasteiger partial charge in [0.2, 0.25) is 5.95 Å². The molecule has 10 heteroatoms. The molecule has 0 unspecified atom stereocenters. The highest BCUT2D eigenvalue weighted by molar-refractivity contribution is 7.87. The SMILES string of the molecule is CCOc1cc(Cc2cnc(N)nc2N)cc(OS(=O)(=O)CC(C)C)c1-c1ccc(O)cc1. The maximum absolute atomic E-state index is 12.7. The molecule has 2 aromatic carbocycles. The molecule has 0 radical (unpaired) electrons. The normalized spacial score (nSPS) is 11.5. The lowest BCUT2D eigenvalue weighted by Crippen LogP contribution is -2.18. The van der Waals surface area contributed by atoms with Crippen LogP contribution in [0.5, 0.6) is 17.2 Å². The van der Waals surface area contributed by atoms with E-state index in [2.05, 4.69) is 9.97 Å². The van der Waals surface area contributed by atoms with Crippen LogP contribution in [0.3, 0.4) is 0 Å². The molecule has 5 N–H and O–H groups in total. The van der Waals surface area contributed by atoms with Crippen LogP contribution in [0.1, 0.15) is 31.9 Å². The van der Waals surface area contributed by atoms with Crippen molar-refractivity contribution in [3.8, 4) is 28.4 Å². The van der Waals surface area contributed by atoms with Crippen LogP contribution in [0, 0.1) is 5.92 Å². The molecule has 0 spiro atoms. The fourth-order valence-electron chi connectivity index (χ4n) is 3.36. The number of phenolic OH excluding ortho intramolecular Hbond substituents is 1. The lowest BCUT2D eigenvalue weighted by Gasteiger charge is -2.19. The Kier molecular flexibility index (Phi) is 7.27. The van der Waals surface area contributed by atoms with Gasteiger partial charge in [-0.05, 0) is 48.2 Å². The van der Waals surface area contributed by atoms with Crippen molar-refractivity contribution in [1.82, 2.24) is 9.97 Å². The van der Waals surface area contributed by atoms with Gasteiger partial charge in [0.05, 0.1) is 17.9 Å². The van der Waals surface area contributed by atoms with Crippen molar-refractivity contribution in [2.75, 3.05) is 23.8 Å². The van der Waals surface area contributed by atoms with Crippen LogP contribution in [-0.2, 0) is 16.5 Å². The van der Waals surface area contributed by atoms with Crippen LogP contribution in [0.25, 0.3) is 11.1 Å². The Morgan fingerprint density at radius 3 is 2.36 bits per heavy atom. The van der Waals surface area contributed by atoms with E-state index in [0.29, 0.717) is 41.0 Å². The van der Waals surface area contributed by atoms with Gasteiger partial charge in [-0.2, -0.15) is 13.4 Å². The van der Waals surface area contributed by atoms with Crippen LogP contribution < -0.4 is 20.4 Å². The Bertz CT molecular complexity index is 1230. The zero-order chi connectivity index (χ0) is 24.2. The minimum absolute atomic E-state index is 0.0673. The molecule has 3 aromatic rings. The van der Waals surface area contributed by atoms with E-state index in [1.54, 1.807) is 38.1 Å². The Morgan fingerprint density at radius 2 is 1.76 bits per heavy atom. The van der Waals surface area contributed by atoms with Gasteiger partial charge in [-0.15, -0.1) is 0 Å². The molecule has 176 valence electrons. The third kappa shape index (κ3) is 6.26. The summed E-state index contributed by atoms with van der Waals surface area (Å²) in [5.74, 6) is 0.684. The predicted molar refractivity (Wildman–Crippen MR) is 128 cm³/mol. The highest BCUT2D eigenvalue weighted by Crippen LogP contribution is 2.41. The zero-order valence-electron chi connectivity index (χ0n) is 18.8. The first-order valence-corrected chi connectivity index (χ1v) is 12.0.